The second kappa shape index (κ2) is 9.10. The van der Waals surface area contributed by atoms with E-state index in [1.165, 1.54) is 23.5 Å². The first-order valence-corrected chi connectivity index (χ1v) is 11.1. The molecule has 2 aromatic heterocycles. The smallest absolute Gasteiger partial charge is 0.282 e. The van der Waals surface area contributed by atoms with Crippen molar-refractivity contribution in [2.75, 3.05) is 23.3 Å². The zero-order valence-electron chi connectivity index (χ0n) is 20.2. The Hall–Kier alpha value is -4.22. The molecule has 3 aromatic rings. The molecule has 1 aromatic carbocycles. The minimum Gasteiger partial charge on any atom is -0.512 e. The van der Waals surface area contributed by atoms with Gasteiger partial charge in [0.15, 0.2) is 5.82 Å². The summed E-state index contributed by atoms with van der Waals surface area (Å²) in [6, 6.07) is 4.94. The summed E-state index contributed by atoms with van der Waals surface area (Å²) < 4.78 is 26.6. The summed E-state index contributed by atoms with van der Waals surface area (Å²) in [6.45, 7) is 6.29. The molecule has 12 heteroatoms. The summed E-state index contributed by atoms with van der Waals surface area (Å²) in [4.78, 5) is 31.0. The standard InChI is InChI=1S/C24H26F2N8O2/c1-13-5-6-14(21(36)32-18(27)8-17(35)23(2,3)4)7-15(13)31-20-19-16(29-12-30-20)9-28-22(33-19)34-10-24(25,26)11-34/h5-9,12,35H,10-11H2,1-4H3,(H2,27,32,36)(H,29,30,31)/b17-8-. The summed E-state index contributed by atoms with van der Waals surface area (Å²) in [5.41, 5.74) is 1.84. The molecule has 1 amide bonds. The Morgan fingerprint density at radius 1 is 1.22 bits per heavy atom. The molecular formula is C24H26F2N8O2. The van der Waals surface area contributed by atoms with Gasteiger partial charge in [-0.05, 0) is 24.6 Å². The Morgan fingerprint density at radius 2 is 1.94 bits per heavy atom. The van der Waals surface area contributed by atoms with Crippen molar-refractivity contribution in [3.05, 3.63) is 53.7 Å². The molecule has 0 atom stereocenters. The fourth-order valence-electron chi connectivity index (χ4n) is 3.35. The van der Waals surface area contributed by atoms with Gasteiger partial charge in [-0.15, -0.1) is 0 Å². The van der Waals surface area contributed by atoms with Crippen LogP contribution in [0.25, 0.3) is 11.0 Å². The molecule has 0 aliphatic carbocycles. The van der Waals surface area contributed by atoms with Crippen LogP contribution >= 0.6 is 0 Å². The summed E-state index contributed by atoms with van der Waals surface area (Å²) in [5.74, 6) is -3.09. The van der Waals surface area contributed by atoms with Crippen LogP contribution in [-0.4, -0.2) is 55.8 Å². The number of carbonyl (C=O) groups is 1. The SMILES string of the molecule is Cc1ccc(C(=O)NC(=N)/C=C(\O)C(C)(C)C)cc1Nc1ncnc2cnc(N3CC(F)(F)C3)nc12. The molecular weight excluding hydrogens is 470 g/mol. The van der Waals surface area contributed by atoms with Crippen molar-refractivity contribution in [3.8, 4) is 0 Å². The molecule has 36 heavy (non-hydrogen) atoms. The third-order valence-electron chi connectivity index (χ3n) is 5.54. The van der Waals surface area contributed by atoms with Gasteiger partial charge in [0.1, 0.15) is 29.0 Å². The molecule has 0 spiro atoms. The quantitative estimate of drug-likeness (QED) is 0.235. The number of benzene rings is 1. The lowest BCUT2D eigenvalue weighted by molar-refractivity contribution is -0.0271. The average Bonchev–Trinajstić information content (AvgIpc) is 2.78. The van der Waals surface area contributed by atoms with Gasteiger partial charge in [-0.3, -0.25) is 10.2 Å². The number of amidine groups is 1. The maximum absolute atomic E-state index is 13.3. The largest absolute Gasteiger partial charge is 0.512 e. The molecule has 1 aliphatic heterocycles. The van der Waals surface area contributed by atoms with Crippen LogP contribution in [0, 0.1) is 17.7 Å². The zero-order valence-corrected chi connectivity index (χ0v) is 20.2. The molecule has 0 bridgehead atoms. The number of halogens is 2. The maximum Gasteiger partial charge on any atom is 0.282 e. The number of aliphatic hydroxyl groups is 1. The van der Waals surface area contributed by atoms with Crippen LogP contribution < -0.4 is 15.5 Å². The number of aryl methyl sites for hydroxylation is 1. The maximum atomic E-state index is 13.3. The number of nitrogens with zero attached hydrogens (tertiary/aromatic N) is 5. The van der Waals surface area contributed by atoms with Crippen molar-refractivity contribution >= 4 is 40.2 Å². The number of carbonyl (C=O) groups excluding carboxylic acids is 1. The van der Waals surface area contributed by atoms with Gasteiger partial charge in [0, 0.05) is 22.7 Å². The number of rotatable bonds is 5. The van der Waals surface area contributed by atoms with Gasteiger partial charge in [-0.1, -0.05) is 26.8 Å². The van der Waals surface area contributed by atoms with E-state index in [0.29, 0.717) is 22.5 Å². The summed E-state index contributed by atoms with van der Waals surface area (Å²) in [5, 5.41) is 23.6. The van der Waals surface area contributed by atoms with Crippen LogP contribution in [0.5, 0.6) is 0 Å². The van der Waals surface area contributed by atoms with E-state index in [2.05, 4.69) is 30.6 Å². The molecule has 1 saturated heterocycles. The van der Waals surface area contributed by atoms with Crippen LogP contribution in [0.2, 0.25) is 0 Å². The van der Waals surface area contributed by atoms with Crippen molar-refractivity contribution in [2.24, 2.45) is 5.41 Å². The van der Waals surface area contributed by atoms with Crippen molar-refractivity contribution in [1.29, 1.82) is 5.41 Å². The second-order valence-corrected chi connectivity index (χ2v) is 9.64. The monoisotopic (exact) mass is 496 g/mol. The van der Waals surface area contributed by atoms with E-state index in [1.54, 1.807) is 39.0 Å². The van der Waals surface area contributed by atoms with Crippen molar-refractivity contribution in [1.82, 2.24) is 25.3 Å². The van der Waals surface area contributed by atoms with E-state index >= 15 is 0 Å². The highest BCUT2D eigenvalue weighted by Gasteiger charge is 2.45. The van der Waals surface area contributed by atoms with Gasteiger partial charge < -0.3 is 20.6 Å². The first kappa shape index (κ1) is 24.9. The number of alkyl halides is 2. The van der Waals surface area contributed by atoms with Gasteiger partial charge in [-0.25, -0.2) is 28.7 Å². The Kier molecular flexibility index (Phi) is 6.29. The minimum absolute atomic E-state index is 0.0296. The lowest BCUT2D eigenvalue weighted by atomic mass is 9.93. The van der Waals surface area contributed by atoms with E-state index in [9.17, 15) is 18.7 Å². The number of aliphatic hydroxyl groups excluding tert-OH is 1. The summed E-state index contributed by atoms with van der Waals surface area (Å²) >= 11 is 0. The Bertz CT molecular complexity index is 1380. The highest BCUT2D eigenvalue weighted by atomic mass is 19.3. The van der Waals surface area contributed by atoms with Crippen LogP contribution in [0.1, 0.15) is 36.7 Å². The molecule has 10 nitrogen and oxygen atoms in total. The van der Waals surface area contributed by atoms with Crippen LogP contribution in [0.4, 0.5) is 26.2 Å². The van der Waals surface area contributed by atoms with Gasteiger partial charge in [-0.2, -0.15) is 0 Å². The first-order valence-electron chi connectivity index (χ1n) is 11.1. The number of amides is 1. The highest BCUT2D eigenvalue weighted by Crippen LogP contribution is 2.31. The van der Waals surface area contributed by atoms with Crippen molar-refractivity contribution < 1.29 is 18.7 Å². The average molecular weight is 497 g/mol. The van der Waals surface area contributed by atoms with E-state index in [4.69, 9.17) is 5.41 Å². The number of anilines is 3. The van der Waals surface area contributed by atoms with Gasteiger partial charge >= 0.3 is 0 Å². The molecule has 4 N–H and O–H groups in total. The number of aromatic nitrogens is 4. The Balaban J connectivity index is 1.57. The predicted molar refractivity (Wildman–Crippen MR) is 132 cm³/mol. The molecule has 0 unspecified atom stereocenters. The third kappa shape index (κ3) is 5.37. The third-order valence-corrected chi connectivity index (χ3v) is 5.54. The van der Waals surface area contributed by atoms with E-state index in [0.717, 1.165) is 5.56 Å². The van der Waals surface area contributed by atoms with Gasteiger partial charge in [0.2, 0.25) is 5.95 Å². The van der Waals surface area contributed by atoms with Gasteiger partial charge in [0.25, 0.3) is 11.8 Å². The number of fused-ring (bicyclic) bond motifs is 1. The summed E-state index contributed by atoms with van der Waals surface area (Å²) in [6.07, 6.45) is 3.97. The lowest BCUT2D eigenvalue weighted by Crippen LogP contribution is -2.57. The number of allylic oxidation sites excluding steroid dienone is 1. The van der Waals surface area contributed by atoms with E-state index in [1.807, 2.05) is 6.92 Å². The lowest BCUT2D eigenvalue weighted by Gasteiger charge is -2.38. The van der Waals surface area contributed by atoms with Gasteiger partial charge in [0.05, 0.1) is 19.3 Å². The molecule has 4 rings (SSSR count). The number of hydrogen-bond acceptors (Lipinski definition) is 9. The molecule has 0 saturated carbocycles. The topological polar surface area (TPSA) is 140 Å². The van der Waals surface area contributed by atoms with Crippen LogP contribution in [0.15, 0.2) is 42.6 Å². The molecule has 1 aliphatic rings. The number of nitrogens with one attached hydrogen (secondary N) is 3. The van der Waals surface area contributed by atoms with E-state index < -0.39 is 30.3 Å². The Labute approximate surface area is 206 Å². The molecule has 3 heterocycles. The fourth-order valence-corrected chi connectivity index (χ4v) is 3.35. The normalized spacial score (nSPS) is 15.4. The molecule has 1 fully saturated rings. The number of hydrogen-bond donors (Lipinski definition) is 4. The van der Waals surface area contributed by atoms with Crippen LogP contribution in [0.3, 0.4) is 0 Å². The van der Waals surface area contributed by atoms with Crippen molar-refractivity contribution in [3.63, 3.8) is 0 Å². The highest BCUT2D eigenvalue weighted by molar-refractivity contribution is 6.09. The Morgan fingerprint density at radius 3 is 2.61 bits per heavy atom. The fraction of sp³-hybridized carbons (Fsp3) is 0.333. The van der Waals surface area contributed by atoms with Crippen LogP contribution in [-0.2, 0) is 0 Å². The van der Waals surface area contributed by atoms with Crippen molar-refractivity contribution in [2.45, 2.75) is 33.6 Å². The molecule has 0 radical (unpaired) electrons. The van der Waals surface area contributed by atoms with E-state index in [-0.39, 0.29) is 23.1 Å². The first-order chi connectivity index (χ1) is 16.8. The minimum atomic E-state index is -2.76. The second-order valence-electron chi connectivity index (χ2n) is 9.64. The zero-order chi connectivity index (χ0) is 26.3. The molecule has 188 valence electrons. The predicted octanol–water partition coefficient (Wildman–Crippen LogP) is 4.12. The summed E-state index contributed by atoms with van der Waals surface area (Å²) in [7, 11) is 0.